The van der Waals surface area contributed by atoms with Gasteiger partial charge in [0.1, 0.15) is 5.76 Å². The third kappa shape index (κ3) is 3.41. The smallest absolute Gasteiger partial charge is 0.331 e. The lowest BCUT2D eigenvalue weighted by Crippen LogP contribution is -2.27. The summed E-state index contributed by atoms with van der Waals surface area (Å²) in [5, 5.41) is 2.95. The standard InChI is InChI=1S/C20H26O4S2/c1-5-26(22,23)24-19-17(18-15(3)11-14(2)13-25(18)4)16(21)12-20(19)9-7-6-8-10-20/h5,11,13H,1,6-10,12H2,2-4H3. The fourth-order valence-corrected chi connectivity index (χ4v) is 6.80. The molecule has 0 aromatic rings. The van der Waals surface area contributed by atoms with Gasteiger partial charge in [0.05, 0.1) is 11.0 Å². The zero-order valence-electron chi connectivity index (χ0n) is 15.6. The summed E-state index contributed by atoms with van der Waals surface area (Å²) >= 11 is 0. The number of allylic oxidation sites excluding steroid dienone is 5. The maximum atomic E-state index is 13.1. The minimum Gasteiger partial charge on any atom is -0.382 e. The quantitative estimate of drug-likeness (QED) is 0.517. The van der Waals surface area contributed by atoms with Gasteiger partial charge in [0.15, 0.2) is 5.78 Å². The van der Waals surface area contributed by atoms with Crippen molar-refractivity contribution >= 4 is 31.3 Å². The monoisotopic (exact) mass is 394 g/mol. The molecule has 3 rings (SSSR count). The summed E-state index contributed by atoms with van der Waals surface area (Å²) < 4.78 is 30.0. The molecule has 1 atom stereocenters. The molecule has 0 radical (unpaired) electrons. The predicted molar refractivity (Wildman–Crippen MR) is 108 cm³/mol. The summed E-state index contributed by atoms with van der Waals surface area (Å²) in [6.07, 6.45) is 9.16. The van der Waals surface area contributed by atoms with Crippen LogP contribution in [-0.2, 0) is 19.1 Å². The molecule has 3 aliphatic rings. The second-order valence-electron chi connectivity index (χ2n) is 7.46. The number of Topliss-reactive ketones (excluding diaryl/α,β-unsaturated/α-hetero) is 1. The van der Waals surface area contributed by atoms with E-state index in [1.54, 1.807) is 0 Å². The van der Waals surface area contributed by atoms with Gasteiger partial charge in [-0.3, -0.25) is 4.79 Å². The third-order valence-electron chi connectivity index (χ3n) is 5.41. The Bertz CT molecular complexity index is 889. The highest BCUT2D eigenvalue weighted by molar-refractivity contribution is 8.18. The molecular weight excluding hydrogens is 368 g/mol. The minimum atomic E-state index is -3.91. The molecule has 4 nitrogen and oxygen atoms in total. The number of carbonyl (C=O) groups excluding carboxylic acids is 1. The highest BCUT2D eigenvalue weighted by atomic mass is 32.2. The Labute approximate surface area is 158 Å². The molecule has 1 saturated carbocycles. The molecule has 1 unspecified atom stereocenters. The van der Waals surface area contributed by atoms with E-state index in [0.717, 1.165) is 53.5 Å². The van der Waals surface area contributed by atoms with Crippen molar-refractivity contribution in [3.05, 3.63) is 45.9 Å². The van der Waals surface area contributed by atoms with Gasteiger partial charge in [0.2, 0.25) is 0 Å². The number of hydrogen-bond donors (Lipinski definition) is 0. The van der Waals surface area contributed by atoms with E-state index in [1.807, 2.05) is 19.9 Å². The molecule has 6 heteroatoms. The molecule has 1 aliphatic heterocycles. The van der Waals surface area contributed by atoms with Crippen LogP contribution in [0.1, 0.15) is 52.4 Å². The zero-order chi connectivity index (χ0) is 19.1. The van der Waals surface area contributed by atoms with Gasteiger partial charge in [-0.1, -0.05) is 31.9 Å². The first-order valence-electron chi connectivity index (χ1n) is 8.93. The maximum Gasteiger partial charge on any atom is 0.331 e. The van der Waals surface area contributed by atoms with Crippen molar-refractivity contribution in [2.45, 2.75) is 52.4 Å². The van der Waals surface area contributed by atoms with Crippen LogP contribution in [0.4, 0.5) is 0 Å². The molecule has 0 amide bonds. The van der Waals surface area contributed by atoms with E-state index in [2.05, 4.69) is 18.2 Å². The second-order valence-corrected chi connectivity index (χ2v) is 10.7. The normalized spacial score (nSPS) is 26.0. The molecule has 142 valence electrons. The summed E-state index contributed by atoms with van der Waals surface area (Å²) in [6.45, 7) is 7.38. The first-order valence-corrected chi connectivity index (χ1v) is 12.1. The molecule has 0 N–H and O–H groups in total. The number of carbonyl (C=O) groups is 1. The zero-order valence-corrected chi connectivity index (χ0v) is 17.3. The molecule has 2 aliphatic carbocycles. The van der Waals surface area contributed by atoms with Gasteiger partial charge in [-0.25, -0.2) is 0 Å². The first-order chi connectivity index (χ1) is 12.2. The Hall–Kier alpha value is -1.40. The molecular formula is C20H26O4S2. The van der Waals surface area contributed by atoms with Gasteiger partial charge in [-0.05, 0) is 49.5 Å². The molecule has 1 fully saturated rings. The molecule has 0 bridgehead atoms. The van der Waals surface area contributed by atoms with Crippen molar-refractivity contribution in [2.75, 3.05) is 6.26 Å². The highest BCUT2D eigenvalue weighted by Gasteiger charge is 2.50. The highest BCUT2D eigenvalue weighted by Crippen LogP contribution is 2.53. The molecule has 1 heterocycles. The molecule has 1 spiro atoms. The molecule has 0 aromatic heterocycles. The van der Waals surface area contributed by atoms with Crippen molar-refractivity contribution in [2.24, 2.45) is 5.41 Å². The van der Waals surface area contributed by atoms with Crippen LogP contribution in [0.25, 0.3) is 0 Å². The van der Waals surface area contributed by atoms with Crippen molar-refractivity contribution < 1.29 is 17.4 Å². The van der Waals surface area contributed by atoms with E-state index in [9.17, 15) is 13.2 Å². The van der Waals surface area contributed by atoms with Crippen molar-refractivity contribution in [1.29, 1.82) is 0 Å². The predicted octanol–water partition coefficient (Wildman–Crippen LogP) is 4.59. The summed E-state index contributed by atoms with van der Waals surface area (Å²) in [4.78, 5) is 14.0. The molecule has 26 heavy (non-hydrogen) atoms. The fraction of sp³-hybridized carbons (Fsp3) is 0.500. The largest absolute Gasteiger partial charge is 0.382 e. The van der Waals surface area contributed by atoms with Crippen LogP contribution in [0, 0.1) is 5.41 Å². The molecule has 0 aromatic carbocycles. The Kier molecular flexibility index (Phi) is 5.19. The van der Waals surface area contributed by atoms with E-state index in [0.29, 0.717) is 17.8 Å². The number of rotatable bonds is 4. The summed E-state index contributed by atoms with van der Waals surface area (Å²) in [5.41, 5.74) is 2.20. The van der Waals surface area contributed by atoms with E-state index >= 15 is 0 Å². The van der Waals surface area contributed by atoms with Crippen LogP contribution in [0.3, 0.4) is 0 Å². The molecule has 0 saturated heterocycles. The lowest BCUT2D eigenvalue weighted by molar-refractivity contribution is -0.116. The van der Waals surface area contributed by atoms with E-state index in [-0.39, 0.29) is 16.3 Å². The lowest BCUT2D eigenvalue weighted by atomic mass is 9.72. The Morgan fingerprint density at radius 2 is 1.88 bits per heavy atom. The third-order valence-corrected chi connectivity index (χ3v) is 8.12. The SMILES string of the molecule is C=CS(=O)(=O)OC1=C(C2=S(C)C=C(C)C=C2C)C(=O)CC12CCCCC2. The van der Waals surface area contributed by atoms with Crippen molar-refractivity contribution in [3.8, 4) is 0 Å². The van der Waals surface area contributed by atoms with Crippen LogP contribution in [0.2, 0.25) is 0 Å². The average Bonchev–Trinajstić information content (AvgIpc) is 2.79. The van der Waals surface area contributed by atoms with E-state index in [4.69, 9.17) is 4.18 Å². The van der Waals surface area contributed by atoms with Crippen LogP contribution >= 0.6 is 10.5 Å². The summed E-state index contributed by atoms with van der Waals surface area (Å²) in [6, 6.07) is 0. The lowest BCUT2D eigenvalue weighted by Gasteiger charge is -2.34. The second kappa shape index (κ2) is 6.97. The van der Waals surface area contributed by atoms with Gasteiger partial charge in [-0.15, -0.1) is 0 Å². The van der Waals surface area contributed by atoms with Crippen LogP contribution in [-0.4, -0.2) is 25.3 Å². The van der Waals surface area contributed by atoms with Gasteiger partial charge in [0.25, 0.3) is 0 Å². The number of hydrogen-bond acceptors (Lipinski definition) is 4. The number of ketones is 1. The Morgan fingerprint density at radius 3 is 2.46 bits per heavy atom. The van der Waals surface area contributed by atoms with Gasteiger partial charge in [0, 0.05) is 16.7 Å². The average molecular weight is 395 g/mol. The Balaban J connectivity index is 2.24. The van der Waals surface area contributed by atoms with Crippen molar-refractivity contribution in [3.63, 3.8) is 0 Å². The van der Waals surface area contributed by atoms with Crippen LogP contribution in [0.5, 0.6) is 0 Å². The van der Waals surface area contributed by atoms with Crippen LogP contribution < -0.4 is 0 Å². The minimum absolute atomic E-state index is 0.0104. The van der Waals surface area contributed by atoms with E-state index < -0.39 is 15.5 Å². The van der Waals surface area contributed by atoms with Crippen molar-refractivity contribution in [1.82, 2.24) is 0 Å². The van der Waals surface area contributed by atoms with Gasteiger partial charge >= 0.3 is 10.1 Å². The maximum absolute atomic E-state index is 13.1. The first kappa shape index (κ1) is 19.4. The van der Waals surface area contributed by atoms with Crippen LogP contribution in [0.15, 0.2) is 45.9 Å². The topological polar surface area (TPSA) is 60.4 Å². The summed E-state index contributed by atoms with van der Waals surface area (Å²) in [7, 11) is -4.17. The van der Waals surface area contributed by atoms with E-state index in [1.165, 1.54) is 0 Å². The van der Waals surface area contributed by atoms with Gasteiger partial charge < -0.3 is 4.18 Å². The summed E-state index contributed by atoms with van der Waals surface area (Å²) in [5.74, 6) is 0.383. The van der Waals surface area contributed by atoms with Gasteiger partial charge in [-0.2, -0.15) is 18.9 Å². The Morgan fingerprint density at radius 1 is 1.23 bits per heavy atom. The fourth-order valence-electron chi connectivity index (χ4n) is 4.40.